The van der Waals surface area contributed by atoms with E-state index in [0.29, 0.717) is 0 Å². The Morgan fingerprint density at radius 3 is 1.83 bits per heavy atom. The molecule has 0 aliphatic heterocycles. The molecule has 11 nitrogen and oxygen atoms in total. The summed E-state index contributed by atoms with van der Waals surface area (Å²) in [7, 11) is 2.73. The fourth-order valence-corrected chi connectivity index (χ4v) is 3.14. The summed E-state index contributed by atoms with van der Waals surface area (Å²) < 4.78 is 38.0. The number of carboxylic acids is 1. The molecule has 0 saturated carbocycles. The molecule has 4 atom stereocenters. The van der Waals surface area contributed by atoms with Gasteiger partial charge in [0.05, 0.1) is 12.5 Å². The summed E-state index contributed by atoms with van der Waals surface area (Å²) >= 11 is 0. The summed E-state index contributed by atoms with van der Waals surface area (Å²) in [4.78, 5) is 73.0. The van der Waals surface area contributed by atoms with Crippen LogP contribution in [0.3, 0.4) is 0 Å². The third kappa shape index (κ3) is 10.3. The van der Waals surface area contributed by atoms with E-state index in [1.807, 2.05) is 5.32 Å². The molecule has 0 aliphatic carbocycles. The van der Waals surface area contributed by atoms with Crippen LogP contribution in [0, 0.1) is 17.3 Å². The number of primary amides is 1. The summed E-state index contributed by atoms with van der Waals surface area (Å²) in [6, 6.07) is -3.60. The van der Waals surface area contributed by atoms with Gasteiger partial charge in [0.25, 0.3) is 5.78 Å². The van der Waals surface area contributed by atoms with E-state index in [4.69, 9.17) is 10.8 Å². The topological polar surface area (TPSA) is 176 Å². The van der Waals surface area contributed by atoms with E-state index in [1.54, 1.807) is 20.8 Å². The number of carbonyl (C=O) groups excluding carboxylic acids is 5. The van der Waals surface area contributed by atoms with Crippen molar-refractivity contribution < 1.29 is 47.0 Å². The van der Waals surface area contributed by atoms with E-state index in [-0.39, 0.29) is 12.8 Å². The van der Waals surface area contributed by atoms with E-state index in [2.05, 4.69) is 5.32 Å². The minimum absolute atomic E-state index is 0.131. The maximum Gasteiger partial charge on any atom is 0.452 e. The number of amides is 4. The highest BCUT2D eigenvalue weighted by Crippen LogP contribution is 2.31. The lowest BCUT2D eigenvalue weighted by molar-refractivity contribution is -0.173. The Morgan fingerprint density at radius 2 is 1.46 bits per heavy atom. The second-order valence-electron chi connectivity index (χ2n) is 9.43. The lowest BCUT2D eigenvalue weighted by Crippen LogP contribution is -2.55. The van der Waals surface area contributed by atoms with Crippen LogP contribution < -0.4 is 16.4 Å². The molecule has 0 bridgehead atoms. The smallest absolute Gasteiger partial charge is 0.452 e. The van der Waals surface area contributed by atoms with Crippen LogP contribution in [-0.2, 0) is 28.8 Å². The van der Waals surface area contributed by atoms with Gasteiger partial charge in [0.1, 0.15) is 12.0 Å². The molecule has 2 unspecified atom stereocenters. The lowest BCUT2D eigenvalue weighted by atomic mass is 9.76. The number of hydrogen-bond acceptors (Lipinski definition) is 6. The first-order chi connectivity index (χ1) is 15.7. The van der Waals surface area contributed by atoms with Crippen molar-refractivity contribution in [3.8, 4) is 0 Å². The highest BCUT2D eigenvalue weighted by molar-refractivity contribution is 5.97. The quantitative estimate of drug-likeness (QED) is 0.271. The molecule has 0 radical (unpaired) electrons. The van der Waals surface area contributed by atoms with E-state index >= 15 is 0 Å². The second-order valence-corrected chi connectivity index (χ2v) is 9.43. The van der Waals surface area contributed by atoms with Gasteiger partial charge in [-0.3, -0.25) is 28.8 Å². The average Bonchev–Trinajstić information content (AvgIpc) is 2.67. The minimum atomic E-state index is -5.21. The summed E-state index contributed by atoms with van der Waals surface area (Å²) in [6.07, 6.45) is -6.24. The predicted molar refractivity (Wildman–Crippen MR) is 116 cm³/mol. The van der Waals surface area contributed by atoms with Crippen LogP contribution in [0.15, 0.2) is 0 Å². The van der Waals surface area contributed by atoms with Crippen molar-refractivity contribution in [2.75, 3.05) is 14.1 Å². The Morgan fingerprint density at radius 1 is 0.943 bits per heavy atom. The van der Waals surface area contributed by atoms with Gasteiger partial charge in [-0.2, -0.15) is 13.2 Å². The Hall–Kier alpha value is -3.19. The molecular weight excluding hydrogens is 477 g/mol. The average molecular weight is 511 g/mol. The molecule has 0 fully saturated rings. The van der Waals surface area contributed by atoms with Crippen molar-refractivity contribution in [2.24, 2.45) is 23.0 Å². The number of carbonyl (C=O) groups is 6. The Labute approximate surface area is 200 Å². The zero-order valence-electron chi connectivity index (χ0n) is 20.5. The highest BCUT2D eigenvalue weighted by atomic mass is 19.4. The van der Waals surface area contributed by atoms with Crippen LogP contribution in [0.4, 0.5) is 13.2 Å². The Kier molecular flexibility index (Phi) is 11.4. The Bertz CT molecular complexity index is 824. The van der Waals surface area contributed by atoms with Crippen LogP contribution in [0.1, 0.15) is 47.0 Å². The summed E-state index contributed by atoms with van der Waals surface area (Å²) in [5.74, 6) is -9.93. The molecule has 0 heterocycles. The standard InChI is InChI=1S/C21H33F3N4O7/c1-10(15(30)21(22,23)24)26-18(33)13(9-14(29)28(5)6)27-17(32)12(20(2,3)4)8-7-11(16(25)31)19(34)35/h10-13H,7-9H2,1-6H3,(H2,25,31)(H,26,33)(H,27,32)(H,34,35)/t10?,11?,12-,13+/m1/s1. The molecule has 5 N–H and O–H groups in total. The molecule has 0 aromatic rings. The number of hydrogen-bond donors (Lipinski definition) is 4. The molecule has 14 heteroatoms. The maximum absolute atomic E-state index is 13.1. The molecule has 0 saturated heterocycles. The number of Topliss-reactive ketones (excluding diaryl/α,β-unsaturated/α-hetero) is 1. The van der Waals surface area contributed by atoms with E-state index in [0.717, 1.165) is 11.8 Å². The predicted octanol–water partition coefficient (Wildman–Crippen LogP) is 0.214. The first-order valence-electron chi connectivity index (χ1n) is 10.6. The number of carboxylic acid groups (broad SMARTS) is 1. The number of nitrogens with zero attached hydrogens (tertiary/aromatic N) is 1. The number of nitrogens with one attached hydrogen (secondary N) is 2. The summed E-state index contributed by atoms with van der Waals surface area (Å²) in [6.45, 7) is 5.73. The van der Waals surface area contributed by atoms with E-state index in [1.165, 1.54) is 14.1 Å². The third-order valence-electron chi connectivity index (χ3n) is 5.29. The third-order valence-corrected chi connectivity index (χ3v) is 5.29. The number of rotatable bonds is 12. The molecule has 200 valence electrons. The number of alkyl halides is 3. The molecule has 0 rings (SSSR count). The highest BCUT2D eigenvalue weighted by Gasteiger charge is 2.43. The molecular formula is C21H33F3N4O7. The first-order valence-corrected chi connectivity index (χ1v) is 10.6. The summed E-state index contributed by atoms with van der Waals surface area (Å²) in [5.41, 5.74) is 4.28. The van der Waals surface area contributed by atoms with Gasteiger partial charge in [-0.05, 0) is 25.2 Å². The van der Waals surface area contributed by atoms with Gasteiger partial charge < -0.3 is 26.4 Å². The van der Waals surface area contributed by atoms with Gasteiger partial charge in [0, 0.05) is 20.0 Å². The molecule has 0 aromatic carbocycles. The van der Waals surface area contributed by atoms with Gasteiger partial charge in [-0.15, -0.1) is 0 Å². The fraction of sp³-hybridized carbons (Fsp3) is 0.714. The monoisotopic (exact) mass is 510 g/mol. The van der Waals surface area contributed by atoms with Crippen LogP contribution in [0.5, 0.6) is 0 Å². The van der Waals surface area contributed by atoms with Crippen LogP contribution in [0.2, 0.25) is 0 Å². The number of nitrogens with two attached hydrogens (primary N) is 1. The largest absolute Gasteiger partial charge is 0.481 e. The fourth-order valence-electron chi connectivity index (χ4n) is 3.14. The Balaban J connectivity index is 5.82. The maximum atomic E-state index is 13.1. The number of ketones is 1. The molecule has 0 aromatic heterocycles. The van der Waals surface area contributed by atoms with Crippen molar-refractivity contribution in [3.63, 3.8) is 0 Å². The van der Waals surface area contributed by atoms with Gasteiger partial charge >= 0.3 is 12.1 Å². The van der Waals surface area contributed by atoms with E-state index in [9.17, 15) is 41.9 Å². The molecule has 0 spiro atoms. The van der Waals surface area contributed by atoms with Crippen molar-refractivity contribution in [2.45, 2.75) is 65.2 Å². The zero-order valence-corrected chi connectivity index (χ0v) is 20.5. The second kappa shape index (κ2) is 12.5. The zero-order chi connectivity index (χ0) is 27.9. The van der Waals surface area contributed by atoms with Crippen LogP contribution in [0.25, 0.3) is 0 Å². The number of aliphatic carboxylic acids is 1. The van der Waals surface area contributed by atoms with Crippen LogP contribution in [-0.4, -0.2) is 77.7 Å². The van der Waals surface area contributed by atoms with Crippen molar-refractivity contribution >= 4 is 35.4 Å². The van der Waals surface area contributed by atoms with Gasteiger partial charge in [-0.1, -0.05) is 20.8 Å². The summed E-state index contributed by atoms with van der Waals surface area (Å²) in [5, 5.41) is 13.3. The normalized spacial score (nSPS) is 15.2. The van der Waals surface area contributed by atoms with Gasteiger partial charge in [0.2, 0.25) is 23.6 Å². The van der Waals surface area contributed by atoms with Crippen molar-refractivity contribution in [3.05, 3.63) is 0 Å². The molecule has 0 aliphatic rings. The molecule has 35 heavy (non-hydrogen) atoms. The van der Waals surface area contributed by atoms with Crippen molar-refractivity contribution in [1.82, 2.24) is 15.5 Å². The molecule has 4 amide bonds. The SMILES string of the molecule is CC(NC(=O)[C@H](CC(=O)N(C)C)NC(=O)[C@@H](CCC(C(N)=O)C(=O)O)C(C)(C)C)C(=O)C(F)(F)F. The van der Waals surface area contributed by atoms with Gasteiger partial charge in [0.15, 0.2) is 0 Å². The van der Waals surface area contributed by atoms with E-state index < -0.39 is 77.3 Å². The van der Waals surface area contributed by atoms with Crippen LogP contribution >= 0.6 is 0 Å². The minimum Gasteiger partial charge on any atom is -0.481 e. The van der Waals surface area contributed by atoms with Crippen molar-refractivity contribution in [1.29, 1.82) is 0 Å². The lowest BCUT2D eigenvalue weighted by Gasteiger charge is -2.32. The first kappa shape index (κ1) is 31.8. The number of halogens is 3. The van der Waals surface area contributed by atoms with Gasteiger partial charge in [-0.25, -0.2) is 0 Å².